The Morgan fingerprint density at radius 1 is 1.35 bits per heavy atom. The van der Waals surface area contributed by atoms with Crippen LogP contribution in [-0.4, -0.2) is 13.7 Å². The molecule has 0 radical (unpaired) electrons. The molecule has 0 spiro atoms. The van der Waals surface area contributed by atoms with E-state index >= 15 is 0 Å². The molecule has 0 aromatic heterocycles. The van der Waals surface area contributed by atoms with Gasteiger partial charge in [0.05, 0.1) is 7.11 Å². The number of hydrogen-bond acceptors (Lipinski definition) is 2. The molecule has 0 saturated carbocycles. The van der Waals surface area contributed by atoms with Crippen molar-refractivity contribution < 1.29 is 4.74 Å². The number of methoxy groups -OCH3 is 1. The van der Waals surface area contributed by atoms with Gasteiger partial charge < -0.3 is 10.1 Å². The quantitative estimate of drug-likeness (QED) is 0.862. The predicted octanol–water partition coefficient (Wildman–Crippen LogP) is 3.55. The van der Waals surface area contributed by atoms with Crippen LogP contribution in [0.5, 0.6) is 5.75 Å². The molecule has 0 fully saturated rings. The molecule has 2 atom stereocenters. The van der Waals surface area contributed by atoms with E-state index in [2.05, 4.69) is 38.2 Å². The Kier molecular flexibility index (Phi) is 3.72. The van der Waals surface area contributed by atoms with Crippen molar-refractivity contribution in [2.45, 2.75) is 45.6 Å². The topological polar surface area (TPSA) is 21.3 Å². The summed E-state index contributed by atoms with van der Waals surface area (Å²) >= 11 is 0. The van der Waals surface area contributed by atoms with E-state index in [1.807, 2.05) is 0 Å². The van der Waals surface area contributed by atoms with Crippen molar-refractivity contribution in [2.24, 2.45) is 0 Å². The highest BCUT2D eigenvalue weighted by Crippen LogP contribution is 2.39. The van der Waals surface area contributed by atoms with Crippen LogP contribution in [0.15, 0.2) is 12.1 Å². The summed E-state index contributed by atoms with van der Waals surface area (Å²) < 4.78 is 5.54. The molecule has 1 aromatic rings. The van der Waals surface area contributed by atoms with Gasteiger partial charge in [-0.15, -0.1) is 0 Å². The molecule has 1 aliphatic heterocycles. The second-order valence-electron chi connectivity index (χ2n) is 5.06. The molecular weight excluding hydrogens is 210 g/mol. The molecule has 2 unspecified atom stereocenters. The van der Waals surface area contributed by atoms with E-state index < -0.39 is 0 Å². The first kappa shape index (κ1) is 12.4. The summed E-state index contributed by atoms with van der Waals surface area (Å²) in [5.74, 6) is 1.59. The van der Waals surface area contributed by atoms with Crippen molar-refractivity contribution in [3.63, 3.8) is 0 Å². The molecule has 1 aromatic carbocycles. The van der Waals surface area contributed by atoms with Crippen molar-refractivity contribution in [2.75, 3.05) is 13.7 Å². The van der Waals surface area contributed by atoms with E-state index in [1.165, 1.54) is 29.5 Å². The third-order valence-electron chi connectivity index (χ3n) is 3.77. The van der Waals surface area contributed by atoms with Gasteiger partial charge in [-0.3, -0.25) is 0 Å². The SMILES string of the molecule is CCCC1NCC(C)c2c(OC)ccc(C)c21. The lowest BCUT2D eigenvalue weighted by Crippen LogP contribution is -2.33. The van der Waals surface area contributed by atoms with Gasteiger partial charge in [-0.2, -0.15) is 0 Å². The lowest BCUT2D eigenvalue weighted by atomic mass is 9.83. The largest absolute Gasteiger partial charge is 0.496 e. The van der Waals surface area contributed by atoms with Gasteiger partial charge in [-0.05, 0) is 36.5 Å². The fraction of sp³-hybridized carbons (Fsp3) is 0.600. The molecule has 2 heteroatoms. The second-order valence-corrected chi connectivity index (χ2v) is 5.06. The highest BCUT2D eigenvalue weighted by Gasteiger charge is 2.27. The summed E-state index contributed by atoms with van der Waals surface area (Å²) in [6.07, 6.45) is 2.41. The smallest absolute Gasteiger partial charge is 0.122 e. The minimum atomic E-state index is 0.501. The fourth-order valence-corrected chi connectivity index (χ4v) is 2.93. The summed E-state index contributed by atoms with van der Waals surface area (Å²) in [6, 6.07) is 4.79. The van der Waals surface area contributed by atoms with Crippen LogP contribution < -0.4 is 10.1 Å². The van der Waals surface area contributed by atoms with E-state index in [1.54, 1.807) is 7.11 Å². The third-order valence-corrected chi connectivity index (χ3v) is 3.77. The molecule has 0 aliphatic carbocycles. The molecule has 1 aliphatic rings. The number of aryl methyl sites for hydroxylation is 1. The summed E-state index contributed by atoms with van der Waals surface area (Å²) in [5, 5.41) is 3.66. The Balaban J connectivity index is 2.52. The van der Waals surface area contributed by atoms with Crippen molar-refractivity contribution in [3.05, 3.63) is 28.8 Å². The van der Waals surface area contributed by atoms with Crippen LogP contribution in [-0.2, 0) is 0 Å². The number of hydrogen-bond donors (Lipinski definition) is 1. The Morgan fingerprint density at radius 2 is 2.12 bits per heavy atom. The molecule has 1 N–H and O–H groups in total. The minimum absolute atomic E-state index is 0.501. The third kappa shape index (κ3) is 2.19. The molecule has 0 saturated heterocycles. The summed E-state index contributed by atoms with van der Waals surface area (Å²) in [7, 11) is 1.77. The zero-order chi connectivity index (χ0) is 12.4. The average molecular weight is 233 g/mol. The highest BCUT2D eigenvalue weighted by molar-refractivity contribution is 5.49. The van der Waals surface area contributed by atoms with Gasteiger partial charge in [0.25, 0.3) is 0 Å². The van der Waals surface area contributed by atoms with E-state index in [0.717, 1.165) is 12.3 Å². The van der Waals surface area contributed by atoms with Gasteiger partial charge >= 0.3 is 0 Å². The van der Waals surface area contributed by atoms with Gasteiger partial charge in [0.2, 0.25) is 0 Å². The Labute approximate surface area is 104 Å². The van der Waals surface area contributed by atoms with E-state index in [-0.39, 0.29) is 0 Å². The summed E-state index contributed by atoms with van der Waals surface area (Å²) in [4.78, 5) is 0. The summed E-state index contributed by atoms with van der Waals surface area (Å²) in [5.41, 5.74) is 4.29. The molecule has 17 heavy (non-hydrogen) atoms. The number of rotatable bonds is 3. The Morgan fingerprint density at radius 3 is 2.76 bits per heavy atom. The first-order chi connectivity index (χ1) is 8.19. The Bertz CT molecular complexity index is 400. The van der Waals surface area contributed by atoms with Crippen LogP contribution in [0.4, 0.5) is 0 Å². The van der Waals surface area contributed by atoms with Gasteiger partial charge in [0.15, 0.2) is 0 Å². The zero-order valence-corrected chi connectivity index (χ0v) is 11.3. The van der Waals surface area contributed by atoms with Crippen molar-refractivity contribution in [3.8, 4) is 5.75 Å². The van der Waals surface area contributed by atoms with Gasteiger partial charge in [0.1, 0.15) is 5.75 Å². The molecule has 94 valence electrons. The Hall–Kier alpha value is -1.02. The fourth-order valence-electron chi connectivity index (χ4n) is 2.93. The van der Waals surface area contributed by atoms with Crippen LogP contribution in [0.2, 0.25) is 0 Å². The average Bonchev–Trinajstić information content (AvgIpc) is 2.33. The monoisotopic (exact) mass is 233 g/mol. The number of nitrogens with one attached hydrogen (secondary N) is 1. The first-order valence-corrected chi connectivity index (χ1v) is 6.59. The molecular formula is C15H23NO. The molecule has 0 bridgehead atoms. The lowest BCUT2D eigenvalue weighted by Gasteiger charge is -2.33. The van der Waals surface area contributed by atoms with Crippen LogP contribution >= 0.6 is 0 Å². The maximum atomic E-state index is 5.54. The van der Waals surface area contributed by atoms with Gasteiger partial charge in [0, 0.05) is 18.2 Å². The standard InChI is InChI=1S/C15H23NO/c1-5-6-12-14-10(2)7-8-13(17-4)15(14)11(3)9-16-12/h7-8,11-12,16H,5-6,9H2,1-4H3. The first-order valence-electron chi connectivity index (χ1n) is 6.59. The van der Waals surface area contributed by atoms with Crippen LogP contribution in [0, 0.1) is 6.92 Å². The minimum Gasteiger partial charge on any atom is -0.496 e. The lowest BCUT2D eigenvalue weighted by molar-refractivity contribution is 0.384. The number of fused-ring (bicyclic) bond motifs is 1. The maximum absolute atomic E-state index is 5.54. The molecule has 1 heterocycles. The van der Waals surface area contributed by atoms with E-state index in [9.17, 15) is 0 Å². The maximum Gasteiger partial charge on any atom is 0.122 e. The van der Waals surface area contributed by atoms with Crippen LogP contribution in [0.1, 0.15) is 55.3 Å². The molecule has 2 nitrogen and oxygen atoms in total. The highest BCUT2D eigenvalue weighted by atomic mass is 16.5. The van der Waals surface area contributed by atoms with E-state index in [4.69, 9.17) is 4.74 Å². The van der Waals surface area contributed by atoms with Crippen molar-refractivity contribution in [1.29, 1.82) is 0 Å². The normalized spacial score (nSPS) is 23.3. The molecule has 2 rings (SSSR count). The van der Waals surface area contributed by atoms with Crippen molar-refractivity contribution >= 4 is 0 Å². The van der Waals surface area contributed by atoms with E-state index in [0.29, 0.717) is 12.0 Å². The number of ether oxygens (including phenoxy) is 1. The van der Waals surface area contributed by atoms with Crippen molar-refractivity contribution in [1.82, 2.24) is 5.32 Å². The molecule has 0 amide bonds. The van der Waals surface area contributed by atoms with Gasteiger partial charge in [-0.1, -0.05) is 26.3 Å². The van der Waals surface area contributed by atoms with Crippen LogP contribution in [0.3, 0.4) is 0 Å². The van der Waals surface area contributed by atoms with Gasteiger partial charge in [-0.25, -0.2) is 0 Å². The summed E-state index contributed by atoms with van der Waals surface area (Å²) in [6.45, 7) is 7.78. The zero-order valence-electron chi connectivity index (χ0n) is 11.3. The predicted molar refractivity (Wildman–Crippen MR) is 71.8 cm³/mol. The number of benzene rings is 1. The second kappa shape index (κ2) is 5.09. The van der Waals surface area contributed by atoms with Crippen LogP contribution in [0.25, 0.3) is 0 Å².